The fraction of sp³-hybridized carbons (Fsp3) is 0.588. The summed E-state index contributed by atoms with van der Waals surface area (Å²) in [6.45, 7) is 4.94. The molecule has 0 aliphatic carbocycles. The SMILES string of the molecule is CC(C)Oc1cccc(C2CCNC(C(=O)N(C)C)C2)c1. The first kappa shape index (κ1) is 15.8. The molecule has 1 saturated heterocycles. The fourth-order valence-electron chi connectivity index (χ4n) is 2.83. The number of likely N-dealkylation sites (N-methyl/N-ethyl adjacent to an activating group) is 1. The molecule has 1 amide bonds. The van der Waals surface area contributed by atoms with Crippen molar-refractivity contribution in [3.8, 4) is 5.75 Å². The van der Waals surface area contributed by atoms with E-state index in [9.17, 15) is 4.79 Å². The molecule has 1 aliphatic heterocycles. The monoisotopic (exact) mass is 290 g/mol. The summed E-state index contributed by atoms with van der Waals surface area (Å²) in [7, 11) is 3.62. The molecule has 1 fully saturated rings. The van der Waals surface area contributed by atoms with Gasteiger partial charge in [0.1, 0.15) is 5.75 Å². The minimum absolute atomic E-state index is 0.0755. The Morgan fingerprint density at radius 1 is 1.38 bits per heavy atom. The van der Waals surface area contributed by atoms with Crippen molar-refractivity contribution in [1.82, 2.24) is 10.2 Å². The number of piperidine rings is 1. The van der Waals surface area contributed by atoms with Gasteiger partial charge in [0.15, 0.2) is 0 Å². The van der Waals surface area contributed by atoms with Crippen LogP contribution in [0.25, 0.3) is 0 Å². The van der Waals surface area contributed by atoms with Crippen LogP contribution >= 0.6 is 0 Å². The van der Waals surface area contributed by atoms with E-state index in [1.807, 2.05) is 40.1 Å². The van der Waals surface area contributed by atoms with Crippen molar-refractivity contribution in [3.63, 3.8) is 0 Å². The van der Waals surface area contributed by atoms with E-state index in [-0.39, 0.29) is 18.1 Å². The van der Waals surface area contributed by atoms with Gasteiger partial charge in [-0.15, -0.1) is 0 Å². The highest BCUT2D eigenvalue weighted by Gasteiger charge is 2.28. The molecule has 1 heterocycles. The van der Waals surface area contributed by atoms with Gasteiger partial charge in [0.05, 0.1) is 12.1 Å². The highest BCUT2D eigenvalue weighted by atomic mass is 16.5. The van der Waals surface area contributed by atoms with Crippen LogP contribution in [0, 0.1) is 0 Å². The van der Waals surface area contributed by atoms with E-state index in [1.165, 1.54) is 5.56 Å². The molecule has 1 aliphatic rings. The fourth-order valence-corrected chi connectivity index (χ4v) is 2.83. The lowest BCUT2D eigenvalue weighted by molar-refractivity contribution is -0.131. The largest absolute Gasteiger partial charge is 0.491 e. The van der Waals surface area contributed by atoms with Crippen molar-refractivity contribution in [1.29, 1.82) is 0 Å². The van der Waals surface area contributed by atoms with Crippen LogP contribution in [0.4, 0.5) is 0 Å². The molecular formula is C17H26N2O2. The predicted molar refractivity (Wildman–Crippen MR) is 84.7 cm³/mol. The average Bonchev–Trinajstić information content (AvgIpc) is 2.46. The Balaban J connectivity index is 2.09. The van der Waals surface area contributed by atoms with Gasteiger partial charge in [-0.2, -0.15) is 0 Å². The lowest BCUT2D eigenvalue weighted by Gasteiger charge is -2.31. The first-order valence-corrected chi connectivity index (χ1v) is 7.68. The van der Waals surface area contributed by atoms with Gasteiger partial charge >= 0.3 is 0 Å². The molecule has 4 nitrogen and oxygen atoms in total. The van der Waals surface area contributed by atoms with E-state index >= 15 is 0 Å². The summed E-state index contributed by atoms with van der Waals surface area (Å²) in [6, 6.07) is 8.21. The van der Waals surface area contributed by atoms with Crippen LogP contribution in [-0.2, 0) is 4.79 Å². The van der Waals surface area contributed by atoms with Crippen LogP contribution in [0.1, 0.15) is 38.2 Å². The Bertz CT molecular complexity index is 485. The molecule has 1 aromatic carbocycles. The topological polar surface area (TPSA) is 41.6 Å². The number of hydrogen-bond acceptors (Lipinski definition) is 3. The maximum Gasteiger partial charge on any atom is 0.239 e. The average molecular weight is 290 g/mol. The smallest absolute Gasteiger partial charge is 0.239 e. The molecule has 4 heteroatoms. The quantitative estimate of drug-likeness (QED) is 0.926. The van der Waals surface area contributed by atoms with Crippen LogP contribution in [0.5, 0.6) is 5.75 Å². The van der Waals surface area contributed by atoms with Gasteiger partial charge in [-0.3, -0.25) is 4.79 Å². The molecule has 1 aromatic rings. The molecule has 21 heavy (non-hydrogen) atoms. The number of nitrogens with zero attached hydrogens (tertiary/aromatic N) is 1. The second-order valence-electron chi connectivity index (χ2n) is 6.20. The van der Waals surface area contributed by atoms with E-state index in [1.54, 1.807) is 4.90 Å². The molecule has 0 saturated carbocycles. The number of nitrogens with one attached hydrogen (secondary N) is 1. The molecule has 0 bridgehead atoms. The van der Waals surface area contributed by atoms with Crippen LogP contribution in [0.3, 0.4) is 0 Å². The molecule has 2 atom stereocenters. The molecule has 0 aromatic heterocycles. The summed E-state index contributed by atoms with van der Waals surface area (Å²) in [5.74, 6) is 1.49. The molecule has 2 rings (SSSR count). The zero-order valence-electron chi connectivity index (χ0n) is 13.4. The number of carbonyl (C=O) groups is 1. The number of carbonyl (C=O) groups excluding carboxylic acids is 1. The van der Waals surface area contributed by atoms with Crippen molar-refractivity contribution in [3.05, 3.63) is 29.8 Å². The number of benzene rings is 1. The summed E-state index contributed by atoms with van der Waals surface area (Å²) in [5, 5.41) is 3.32. The summed E-state index contributed by atoms with van der Waals surface area (Å²) >= 11 is 0. The van der Waals surface area contributed by atoms with Crippen LogP contribution in [0.15, 0.2) is 24.3 Å². The van der Waals surface area contributed by atoms with E-state index in [0.717, 1.165) is 25.1 Å². The van der Waals surface area contributed by atoms with E-state index in [2.05, 4.69) is 17.4 Å². The van der Waals surface area contributed by atoms with Gasteiger partial charge in [0.25, 0.3) is 0 Å². The van der Waals surface area contributed by atoms with E-state index in [0.29, 0.717) is 5.92 Å². The van der Waals surface area contributed by atoms with Gasteiger partial charge in [-0.1, -0.05) is 12.1 Å². The van der Waals surface area contributed by atoms with Crippen molar-refractivity contribution in [2.45, 2.75) is 44.8 Å². The van der Waals surface area contributed by atoms with Gasteiger partial charge in [0.2, 0.25) is 5.91 Å². The normalized spacial score (nSPS) is 22.1. The predicted octanol–water partition coefficient (Wildman–Crippen LogP) is 2.40. The molecule has 0 radical (unpaired) electrons. The second-order valence-corrected chi connectivity index (χ2v) is 6.20. The Labute approximate surface area is 127 Å². The van der Waals surface area contributed by atoms with Crippen LogP contribution in [0.2, 0.25) is 0 Å². The van der Waals surface area contributed by atoms with Gasteiger partial charge in [-0.25, -0.2) is 0 Å². The number of hydrogen-bond donors (Lipinski definition) is 1. The number of rotatable bonds is 4. The standard InChI is InChI=1S/C17H26N2O2/c1-12(2)21-15-7-5-6-13(10-15)14-8-9-18-16(11-14)17(20)19(3)4/h5-7,10,12,14,16,18H,8-9,11H2,1-4H3. The number of ether oxygens (including phenoxy) is 1. The maximum absolute atomic E-state index is 12.1. The molecule has 1 N–H and O–H groups in total. The third kappa shape index (κ3) is 4.21. The minimum Gasteiger partial charge on any atom is -0.491 e. The second kappa shape index (κ2) is 6.94. The summed E-state index contributed by atoms with van der Waals surface area (Å²) < 4.78 is 5.77. The van der Waals surface area contributed by atoms with E-state index < -0.39 is 0 Å². The van der Waals surface area contributed by atoms with Crippen molar-refractivity contribution < 1.29 is 9.53 Å². The zero-order chi connectivity index (χ0) is 15.4. The van der Waals surface area contributed by atoms with Gasteiger partial charge in [0, 0.05) is 14.1 Å². The Hall–Kier alpha value is -1.55. The van der Waals surface area contributed by atoms with Crippen LogP contribution < -0.4 is 10.1 Å². The van der Waals surface area contributed by atoms with Crippen molar-refractivity contribution in [2.24, 2.45) is 0 Å². The highest BCUT2D eigenvalue weighted by molar-refractivity contribution is 5.81. The van der Waals surface area contributed by atoms with Gasteiger partial charge < -0.3 is 15.0 Å². The Morgan fingerprint density at radius 3 is 2.81 bits per heavy atom. The maximum atomic E-state index is 12.1. The van der Waals surface area contributed by atoms with Crippen molar-refractivity contribution in [2.75, 3.05) is 20.6 Å². The lowest BCUT2D eigenvalue weighted by atomic mass is 9.86. The number of amides is 1. The van der Waals surface area contributed by atoms with Crippen molar-refractivity contribution >= 4 is 5.91 Å². The van der Waals surface area contributed by atoms with E-state index in [4.69, 9.17) is 4.74 Å². The summed E-state index contributed by atoms with van der Waals surface area (Å²) in [4.78, 5) is 13.8. The molecule has 2 unspecified atom stereocenters. The lowest BCUT2D eigenvalue weighted by Crippen LogP contribution is -2.47. The Morgan fingerprint density at radius 2 is 2.14 bits per heavy atom. The summed E-state index contributed by atoms with van der Waals surface area (Å²) in [5.41, 5.74) is 1.27. The molecule has 0 spiro atoms. The van der Waals surface area contributed by atoms with Gasteiger partial charge in [-0.05, 0) is 56.8 Å². The van der Waals surface area contributed by atoms with Crippen LogP contribution in [-0.4, -0.2) is 43.6 Å². The first-order chi connectivity index (χ1) is 9.97. The Kier molecular flexibility index (Phi) is 5.23. The highest BCUT2D eigenvalue weighted by Crippen LogP contribution is 2.30. The molecular weight excluding hydrogens is 264 g/mol. The molecule has 116 valence electrons. The third-order valence-corrected chi connectivity index (χ3v) is 3.84. The summed E-state index contributed by atoms with van der Waals surface area (Å²) in [6.07, 6.45) is 2.08. The third-order valence-electron chi connectivity index (χ3n) is 3.84. The first-order valence-electron chi connectivity index (χ1n) is 7.68. The zero-order valence-corrected chi connectivity index (χ0v) is 13.4. The minimum atomic E-state index is -0.0755.